The Balaban J connectivity index is 2.15. The minimum atomic E-state index is -0.174. The molecule has 0 bridgehead atoms. The first-order valence-corrected chi connectivity index (χ1v) is 8.62. The number of rotatable bonds is 5. The first-order valence-electron chi connectivity index (χ1n) is 8.62. The fraction of sp³-hybridized carbons (Fsp3) is 0.706. The molecule has 0 aromatic carbocycles. The van der Waals surface area contributed by atoms with E-state index in [4.69, 9.17) is 0 Å². The molecular formula is C17H29N5O2. The summed E-state index contributed by atoms with van der Waals surface area (Å²) in [7, 11) is 1.95. The van der Waals surface area contributed by atoms with E-state index in [1.807, 2.05) is 35.3 Å². The molecule has 0 aliphatic carbocycles. The first kappa shape index (κ1) is 18.4. The highest BCUT2D eigenvalue weighted by molar-refractivity contribution is 5.93. The predicted octanol–water partition coefficient (Wildman–Crippen LogP) is 1.09. The maximum atomic E-state index is 12.6. The van der Waals surface area contributed by atoms with Crippen molar-refractivity contribution >= 4 is 11.8 Å². The second-order valence-corrected chi connectivity index (χ2v) is 7.04. The average molecular weight is 335 g/mol. The zero-order valence-electron chi connectivity index (χ0n) is 15.4. The molecule has 1 aromatic heterocycles. The molecule has 2 rings (SSSR count). The number of amides is 2. The van der Waals surface area contributed by atoms with E-state index in [1.54, 1.807) is 6.33 Å². The van der Waals surface area contributed by atoms with Gasteiger partial charge in [-0.1, -0.05) is 0 Å². The van der Waals surface area contributed by atoms with Crippen LogP contribution in [0.3, 0.4) is 0 Å². The van der Waals surface area contributed by atoms with Crippen molar-refractivity contribution in [2.24, 2.45) is 0 Å². The molecule has 2 heterocycles. The number of hydrogen-bond donors (Lipinski definition) is 1. The second-order valence-electron chi connectivity index (χ2n) is 7.04. The molecule has 1 aliphatic heterocycles. The van der Waals surface area contributed by atoms with E-state index in [9.17, 15) is 9.59 Å². The van der Waals surface area contributed by atoms with Gasteiger partial charge in [-0.05, 0) is 41.2 Å². The van der Waals surface area contributed by atoms with Crippen LogP contribution >= 0.6 is 0 Å². The van der Waals surface area contributed by atoms with E-state index in [2.05, 4.69) is 24.1 Å². The van der Waals surface area contributed by atoms with Crippen molar-refractivity contribution in [1.29, 1.82) is 0 Å². The lowest BCUT2D eigenvalue weighted by molar-refractivity contribution is -0.133. The molecular weight excluding hydrogens is 306 g/mol. The van der Waals surface area contributed by atoms with Gasteiger partial charge in [-0.2, -0.15) is 0 Å². The van der Waals surface area contributed by atoms with Gasteiger partial charge in [0.1, 0.15) is 0 Å². The van der Waals surface area contributed by atoms with Gasteiger partial charge in [-0.25, -0.2) is 4.98 Å². The van der Waals surface area contributed by atoms with Crippen molar-refractivity contribution < 1.29 is 9.59 Å². The normalized spacial score (nSPS) is 14.9. The van der Waals surface area contributed by atoms with Crippen LogP contribution in [0.5, 0.6) is 0 Å². The molecule has 134 valence electrons. The summed E-state index contributed by atoms with van der Waals surface area (Å²) in [6, 6.07) is 0.372. The van der Waals surface area contributed by atoms with Gasteiger partial charge < -0.3 is 14.8 Å². The number of hydrogen-bond acceptors (Lipinski definition) is 4. The van der Waals surface area contributed by atoms with E-state index in [0.717, 1.165) is 18.7 Å². The van der Waals surface area contributed by atoms with Crippen molar-refractivity contribution in [2.75, 3.05) is 20.1 Å². The summed E-state index contributed by atoms with van der Waals surface area (Å²) < 4.78 is 1.99. The third-order valence-corrected chi connectivity index (χ3v) is 4.37. The smallest absolute Gasteiger partial charge is 0.272 e. The number of carbonyl (C=O) groups excluding carboxylic acids is 2. The molecule has 0 unspecified atom stereocenters. The SMILES string of the molecule is CC(C)NC(=O)c1ncn2c1CN(C(=O)CN(C)C(C)C)CCC2. The number of imidazole rings is 1. The molecule has 7 nitrogen and oxygen atoms in total. The zero-order valence-corrected chi connectivity index (χ0v) is 15.4. The molecule has 1 aromatic rings. The standard InChI is InChI=1S/C17H29N5O2/c1-12(2)19-17(24)16-14-9-21(7-6-8-22(14)11-18-16)15(23)10-20(5)13(3)4/h11-13H,6-10H2,1-5H3,(H,19,24). The number of aryl methyl sites for hydroxylation is 1. The summed E-state index contributed by atoms with van der Waals surface area (Å²) in [6.45, 7) is 10.3. The summed E-state index contributed by atoms with van der Waals surface area (Å²) in [6.07, 6.45) is 2.57. The molecule has 0 saturated heterocycles. The van der Waals surface area contributed by atoms with Crippen molar-refractivity contribution in [1.82, 2.24) is 24.7 Å². The number of aromatic nitrogens is 2. The molecule has 1 aliphatic rings. The number of likely N-dealkylation sites (N-methyl/N-ethyl adjacent to an activating group) is 1. The summed E-state index contributed by atoms with van der Waals surface area (Å²) in [4.78, 5) is 33.1. The van der Waals surface area contributed by atoms with E-state index in [-0.39, 0.29) is 17.9 Å². The predicted molar refractivity (Wildman–Crippen MR) is 92.6 cm³/mol. The Morgan fingerprint density at radius 1 is 1.29 bits per heavy atom. The van der Waals surface area contributed by atoms with Crippen LogP contribution in [0.4, 0.5) is 0 Å². The van der Waals surface area contributed by atoms with Crippen LogP contribution in [0.2, 0.25) is 0 Å². The summed E-state index contributed by atoms with van der Waals surface area (Å²) in [5.74, 6) is -0.0802. The molecule has 0 radical (unpaired) electrons. The zero-order chi connectivity index (χ0) is 17.9. The molecule has 7 heteroatoms. The lowest BCUT2D eigenvalue weighted by atomic mass is 10.2. The highest BCUT2D eigenvalue weighted by atomic mass is 16.2. The van der Waals surface area contributed by atoms with Crippen molar-refractivity contribution in [3.63, 3.8) is 0 Å². The third kappa shape index (κ3) is 4.35. The van der Waals surface area contributed by atoms with Gasteiger partial charge in [0.2, 0.25) is 5.91 Å². The Kier molecular flexibility index (Phi) is 5.99. The van der Waals surface area contributed by atoms with Crippen LogP contribution in [0, 0.1) is 0 Å². The van der Waals surface area contributed by atoms with Crippen molar-refractivity contribution in [3.05, 3.63) is 17.7 Å². The van der Waals surface area contributed by atoms with Gasteiger partial charge in [0, 0.05) is 25.2 Å². The van der Waals surface area contributed by atoms with Crippen LogP contribution < -0.4 is 5.32 Å². The summed E-state index contributed by atoms with van der Waals surface area (Å²) in [5, 5.41) is 2.88. The first-order chi connectivity index (χ1) is 11.3. The van der Waals surface area contributed by atoms with E-state index >= 15 is 0 Å². The van der Waals surface area contributed by atoms with Gasteiger partial charge >= 0.3 is 0 Å². The third-order valence-electron chi connectivity index (χ3n) is 4.37. The monoisotopic (exact) mass is 335 g/mol. The molecule has 1 N–H and O–H groups in total. The fourth-order valence-electron chi connectivity index (χ4n) is 2.69. The van der Waals surface area contributed by atoms with Crippen LogP contribution in [0.25, 0.3) is 0 Å². The minimum Gasteiger partial charge on any atom is -0.348 e. The van der Waals surface area contributed by atoms with Crippen LogP contribution in [0.1, 0.15) is 50.3 Å². The van der Waals surface area contributed by atoms with E-state index in [1.165, 1.54) is 0 Å². The van der Waals surface area contributed by atoms with Gasteiger partial charge in [0.25, 0.3) is 5.91 Å². The number of fused-ring (bicyclic) bond motifs is 1. The molecule has 0 spiro atoms. The van der Waals surface area contributed by atoms with Crippen LogP contribution in [-0.4, -0.2) is 63.4 Å². The highest BCUT2D eigenvalue weighted by Gasteiger charge is 2.26. The molecule has 24 heavy (non-hydrogen) atoms. The van der Waals surface area contributed by atoms with E-state index in [0.29, 0.717) is 31.4 Å². The molecule has 0 saturated carbocycles. The minimum absolute atomic E-state index is 0.0538. The Labute approximate surface area is 144 Å². The van der Waals surface area contributed by atoms with Gasteiger partial charge in [0.05, 0.1) is 25.1 Å². The number of nitrogens with one attached hydrogen (secondary N) is 1. The van der Waals surface area contributed by atoms with Crippen molar-refractivity contribution in [2.45, 2.75) is 59.3 Å². The quantitative estimate of drug-likeness (QED) is 0.874. The Hall–Kier alpha value is -1.89. The van der Waals surface area contributed by atoms with Crippen molar-refractivity contribution in [3.8, 4) is 0 Å². The summed E-state index contributed by atoms with van der Waals surface area (Å²) in [5.41, 5.74) is 1.26. The maximum absolute atomic E-state index is 12.6. The topological polar surface area (TPSA) is 70.5 Å². The average Bonchev–Trinajstić information content (AvgIpc) is 2.76. The van der Waals surface area contributed by atoms with E-state index < -0.39 is 0 Å². The summed E-state index contributed by atoms with van der Waals surface area (Å²) >= 11 is 0. The highest BCUT2D eigenvalue weighted by Crippen LogP contribution is 2.17. The molecule has 0 fully saturated rings. The lowest BCUT2D eigenvalue weighted by Gasteiger charge is -2.26. The van der Waals surface area contributed by atoms with Crippen LogP contribution in [0.15, 0.2) is 6.33 Å². The Morgan fingerprint density at radius 2 is 2.00 bits per heavy atom. The number of carbonyl (C=O) groups is 2. The van der Waals surface area contributed by atoms with Gasteiger partial charge in [0.15, 0.2) is 5.69 Å². The Morgan fingerprint density at radius 3 is 2.62 bits per heavy atom. The van der Waals surface area contributed by atoms with Gasteiger partial charge in [-0.3, -0.25) is 14.5 Å². The Bertz CT molecular complexity index is 594. The largest absolute Gasteiger partial charge is 0.348 e. The maximum Gasteiger partial charge on any atom is 0.272 e. The molecule has 2 amide bonds. The van der Waals surface area contributed by atoms with Crippen LogP contribution in [-0.2, 0) is 17.9 Å². The number of nitrogens with zero attached hydrogens (tertiary/aromatic N) is 4. The second kappa shape index (κ2) is 7.79. The lowest BCUT2D eigenvalue weighted by Crippen LogP contribution is -2.41. The fourth-order valence-corrected chi connectivity index (χ4v) is 2.69. The molecule has 0 atom stereocenters. The van der Waals surface area contributed by atoms with Gasteiger partial charge in [-0.15, -0.1) is 0 Å².